The van der Waals surface area contributed by atoms with Crippen molar-refractivity contribution in [3.63, 3.8) is 0 Å². The first-order chi connectivity index (χ1) is 15.0. The summed E-state index contributed by atoms with van der Waals surface area (Å²) in [7, 11) is 0. The van der Waals surface area contributed by atoms with Crippen LogP contribution in [-0.2, 0) is 0 Å². The summed E-state index contributed by atoms with van der Waals surface area (Å²) in [6.07, 6.45) is 1.15. The number of halogens is 3. The average molecular weight is 450 g/mol. The van der Waals surface area contributed by atoms with Gasteiger partial charge in [0.05, 0.1) is 28.3 Å². The number of fused-ring (bicyclic) bond motifs is 1. The van der Waals surface area contributed by atoms with Crippen molar-refractivity contribution in [1.29, 1.82) is 0 Å². The fraction of sp³-hybridized carbons (Fsp3) is 0.545. The quantitative estimate of drug-likeness (QED) is 0.617. The lowest BCUT2D eigenvalue weighted by Crippen LogP contribution is -2.56. The molecular formula is C22H25F3N4O3. The summed E-state index contributed by atoms with van der Waals surface area (Å²) in [4.78, 5) is 26.0. The zero-order valence-corrected chi connectivity index (χ0v) is 17.6. The summed E-state index contributed by atoms with van der Waals surface area (Å²) in [5, 5.41) is 9.15. The number of benzene rings is 1. The second-order valence-electron chi connectivity index (χ2n) is 9.44. The number of rotatable bonds is 4. The van der Waals surface area contributed by atoms with Crippen molar-refractivity contribution < 1.29 is 23.1 Å². The molecule has 10 heteroatoms. The van der Waals surface area contributed by atoms with E-state index < -0.39 is 58.3 Å². The van der Waals surface area contributed by atoms with Gasteiger partial charge >= 0.3 is 5.97 Å². The molecule has 3 fully saturated rings. The molecule has 0 radical (unpaired) electrons. The van der Waals surface area contributed by atoms with Crippen LogP contribution >= 0.6 is 0 Å². The number of nitrogen functional groups attached to an aromatic ring is 1. The molecule has 2 heterocycles. The Hall–Kier alpha value is -2.75. The van der Waals surface area contributed by atoms with E-state index in [-0.39, 0.29) is 36.1 Å². The number of aromatic nitrogens is 1. The van der Waals surface area contributed by atoms with Crippen molar-refractivity contribution >= 4 is 28.2 Å². The molecule has 0 bridgehead atoms. The van der Waals surface area contributed by atoms with Crippen LogP contribution in [0.1, 0.15) is 47.6 Å². The first-order valence-corrected chi connectivity index (χ1v) is 10.8. The third-order valence-electron chi connectivity index (χ3n) is 7.52. The smallest absolute Gasteiger partial charge is 0.341 e. The number of anilines is 2. The molecule has 3 aliphatic rings. The number of alkyl halides is 2. The zero-order valence-electron chi connectivity index (χ0n) is 17.6. The van der Waals surface area contributed by atoms with Crippen LogP contribution in [0.2, 0.25) is 0 Å². The van der Waals surface area contributed by atoms with E-state index in [4.69, 9.17) is 11.5 Å². The standard InChI is InChI=1S/C22H25F3N4O3/c1-9-18-15(20(30)10(21(31)32)6-29(18)14-5-12(14)23)17(26)16(25)19(9)28-7-11(13(24)8-28)22(27)3-2-4-22/h6,11-14H,2-5,7-8,26-27H2,1H3,(H,31,32). The van der Waals surface area contributed by atoms with E-state index in [2.05, 4.69) is 0 Å². The van der Waals surface area contributed by atoms with Gasteiger partial charge in [-0.25, -0.2) is 18.0 Å². The van der Waals surface area contributed by atoms with Gasteiger partial charge in [-0.15, -0.1) is 0 Å². The van der Waals surface area contributed by atoms with Crippen molar-refractivity contribution in [3.8, 4) is 0 Å². The highest BCUT2D eigenvalue weighted by molar-refractivity contribution is 6.01. The van der Waals surface area contributed by atoms with Crippen LogP contribution < -0.4 is 21.8 Å². The van der Waals surface area contributed by atoms with Gasteiger partial charge in [0.2, 0.25) is 5.43 Å². The Kier molecular flexibility index (Phi) is 4.53. The third kappa shape index (κ3) is 2.84. The maximum absolute atomic E-state index is 15.5. The number of carboxylic acid groups (broad SMARTS) is 1. The Morgan fingerprint density at radius 2 is 1.91 bits per heavy atom. The molecule has 5 N–H and O–H groups in total. The first-order valence-electron chi connectivity index (χ1n) is 10.8. The molecule has 0 spiro atoms. The Morgan fingerprint density at radius 3 is 2.44 bits per heavy atom. The van der Waals surface area contributed by atoms with Gasteiger partial charge in [-0.2, -0.15) is 0 Å². The number of nitrogens with zero attached hydrogens (tertiary/aromatic N) is 2. The summed E-state index contributed by atoms with van der Waals surface area (Å²) in [6.45, 7) is 1.69. The second-order valence-corrected chi connectivity index (χ2v) is 9.44. The molecule has 1 aromatic heterocycles. The van der Waals surface area contributed by atoms with Gasteiger partial charge in [0.1, 0.15) is 17.9 Å². The Balaban J connectivity index is 1.71. The van der Waals surface area contributed by atoms with Crippen molar-refractivity contribution in [2.24, 2.45) is 11.7 Å². The summed E-state index contributed by atoms with van der Waals surface area (Å²) in [5.41, 5.74) is 10.3. The molecule has 172 valence electrons. The molecule has 2 saturated carbocycles. The number of carboxylic acids is 1. The number of nitrogens with two attached hydrogens (primary N) is 2. The van der Waals surface area contributed by atoms with Gasteiger partial charge < -0.3 is 26.0 Å². The highest BCUT2D eigenvalue weighted by Crippen LogP contribution is 2.47. The number of hydrogen-bond donors (Lipinski definition) is 3. The highest BCUT2D eigenvalue weighted by Gasteiger charge is 2.50. The van der Waals surface area contributed by atoms with E-state index in [0.29, 0.717) is 18.4 Å². The van der Waals surface area contributed by atoms with E-state index in [1.807, 2.05) is 0 Å². The number of aryl methyl sites for hydroxylation is 1. The van der Waals surface area contributed by atoms with Crippen LogP contribution in [0.25, 0.3) is 10.9 Å². The summed E-state index contributed by atoms with van der Waals surface area (Å²) >= 11 is 0. The molecule has 32 heavy (non-hydrogen) atoms. The third-order valence-corrected chi connectivity index (χ3v) is 7.52. The lowest BCUT2D eigenvalue weighted by Gasteiger charge is -2.43. The lowest BCUT2D eigenvalue weighted by molar-refractivity contribution is 0.0694. The normalized spacial score (nSPS) is 28.7. The van der Waals surface area contributed by atoms with Gasteiger partial charge in [0.15, 0.2) is 5.82 Å². The fourth-order valence-corrected chi connectivity index (χ4v) is 5.45. The molecular weight excluding hydrogens is 425 g/mol. The molecule has 4 atom stereocenters. The summed E-state index contributed by atoms with van der Waals surface area (Å²) < 4.78 is 45.8. The molecule has 2 aliphatic carbocycles. The van der Waals surface area contributed by atoms with Gasteiger partial charge in [-0.1, -0.05) is 0 Å². The Labute approximate surface area is 181 Å². The topological polar surface area (TPSA) is 115 Å². The van der Waals surface area contributed by atoms with Gasteiger partial charge in [-0.05, 0) is 31.7 Å². The summed E-state index contributed by atoms with van der Waals surface area (Å²) in [5.74, 6) is -2.86. The maximum atomic E-state index is 15.5. The highest BCUT2D eigenvalue weighted by atomic mass is 19.1. The minimum Gasteiger partial charge on any atom is -0.477 e. The largest absolute Gasteiger partial charge is 0.477 e. The van der Waals surface area contributed by atoms with Crippen LogP contribution in [0.3, 0.4) is 0 Å². The Bertz CT molecular complexity index is 1210. The predicted octanol–water partition coefficient (Wildman–Crippen LogP) is 2.67. The average Bonchev–Trinajstić information content (AvgIpc) is 3.31. The number of carbonyl (C=O) groups is 1. The van der Waals surface area contributed by atoms with Crippen molar-refractivity contribution in [1.82, 2.24) is 4.57 Å². The molecule has 1 aliphatic heterocycles. The van der Waals surface area contributed by atoms with Crippen LogP contribution in [0, 0.1) is 18.7 Å². The van der Waals surface area contributed by atoms with Gasteiger partial charge in [0.25, 0.3) is 0 Å². The van der Waals surface area contributed by atoms with E-state index >= 15 is 4.39 Å². The zero-order chi connectivity index (χ0) is 23.1. The monoisotopic (exact) mass is 450 g/mol. The number of hydrogen-bond acceptors (Lipinski definition) is 5. The van der Waals surface area contributed by atoms with Crippen molar-refractivity contribution in [2.75, 3.05) is 23.7 Å². The van der Waals surface area contributed by atoms with E-state index in [1.165, 1.54) is 4.57 Å². The first kappa shape index (κ1) is 21.1. The van der Waals surface area contributed by atoms with Crippen LogP contribution in [-0.4, -0.2) is 46.6 Å². The maximum Gasteiger partial charge on any atom is 0.341 e. The SMILES string of the molecule is Cc1c(N2CC(F)C(C3(N)CCC3)C2)c(F)c(N)c2c(=O)c(C(=O)O)cn(C3CC3F)c12. The van der Waals surface area contributed by atoms with Crippen LogP contribution in [0.5, 0.6) is 0 Å². The van der Waals surface area contributed by atoms with Crippen molar-refractivity contribution in [2.45, 2.75) is 56.5 Å². The number of pyridine rings is 1. The van der Waals surface area contributed by atoms with E-state index in [1.54, 1.807) is 11.8 Å². The minimum absolute atomic E-state index is 0.0513. The van der Waals surface area contributed by atoms with Crippen LogP contribution in [0.15, 0.2) is 11.0 Å². The molecule has 0 amide bonds. The van der Waals surface area contributed by atoms with Crippen LogP contribution in [0.4, 0.5) is 24.5 Å². The van der Waals surface area contributed by atoms with Gasteiger partial charge in [0, 0.05) is 37.2 Å². The van der Waals surface area contributed by atoms with E-state index in [9.17, 15) is 23.5 Å². The van der Waals surface area contributed by atoms with Gasteiger partial charge in [-0.3, -0.25) is 4.79 Å². The molecule has 7 nitrogen and oxygen atoms in total. The predicted molar refractivity (Wildman–Crippen MR) is 114 cm³/mol. The molecule has 2 aromatic rings. The molecule has 5 rings (SSSR count). The minimum atomic E-state index is -1.50. The second kappa shape index (κ2) is 6.87. The Morgan fingerprint density at radius 1 is 1.25 bits per heavy atom. The molecule has 1 aromatic carbocycles. The lowest BCUT2D eigenvalue weighted by atomic mass is 9.68. The number of aromatic carboxylic acids is 1. The molecule has 1 saturated heterocycles. The molecule has 4 unspecified atom stereocenters. The fourth-order valence-electron chi connectivity index (χ4n) is 5.45. The summed E-state index contributed by atoms with van der Waals surface area (Å²) in [6, 6.07) is -0.671. The van der Waals surface area contributed by atoms with E-state index in [0.717, 1.165) is 12.6 Å². The van der Waals surface area contributed by atoms with Crippen molar-refractivity contribution in [3.05, 3.63) is 33.4 Å².